The molecule has 0 bridgehead atoms. The second-order valence-electron chi connectivity index (χ2n) is 10.5. The van der Waals surface area contributed by atoms with E-state index in [2.05, 4.69) is 32.9 Å². The van der Waals surface area contributed by atoms with Crippen LogP contribution >= 0.6 is 0 Å². The third-order valence-electron chi connectivity index (χ3n) is 4.59. The largest absolute Gasteiger partial charge is 0.462 e. The van der Waals surface area contributed by atoms with Crippen molar-refractivity contribution in [2.75, 3.05) is 72.5 Å². The van der Waals surface area contributed by atoms with Gasteiger partial charge in [0.25, 0.3) is 6.47 Å². The summed E-state index contributed by atoms with van der Waals surface area (Å²) in [6, 6.07) is -0.452. The Morgan fingerprint density at radius 3 is 1.73 bits per heavy atom. The van der Waals surface area contributed by atoms with Crippen LogP contribution in [0.15, 0.2) is 0 Å². The maximum absolute atomic E-state index is 11.8. The SMILES string of the molecule is CC(C)(C)OC=O.CC(C)NC(=O)CCCN.CCCOCCOCCOCCOCCNC(=O)C(C)NC(=O)CNC=O. The van der Waals surface area contributed by atoms with Crippen molar-refractivity contribution < 1.29 is 47.7 Å². The third kappa shape index (κ3) is 41.3. The molecule has 0 saturated heterocycles. The summed E-state index contributed by atoms with van der Waals surface area (Å²) in [6.45, 7) is 18.3. The molecular weight excluding hydrogens is 578 g/mol. The molecule has 0 aliphatic carbocycles. The topological polar surface area (TPSA) is 206 Å². The van der Waals surface area contributed by atoms with Gasteiger partial charge in [0.1, 0.15) is 11.6 Å². The minimum absolute atomic E-state index is 0.0976. The van der Waals surface area contributed by atoms with Crippen molar-refractivity contribution in [2.24, 2.45) is 5.73 Å². The van der Waals surface area contributed by atoms with Gasteiger partial charge in [0, 0.05) is 25.6 Å². The van der Waals surface area contributed by atoms with Gasteiger partial charge in [-0.25, -0.2) is 0 Å². The molecule has 0 aromatic carbocycles. The van der Waals surface area contributed by atoms with Crippen LogP contribution in [0.5, 0.6) is 0 Å². The van der Waals surface area contributed by atoms with Crippen LogP contribution in [0.3, 0.4) is 0 Å². The Labute approximate surface area is 263 Å². The van der Waals surface area contributed by atoms with Crippen LogP contribution in [0.1, 0.15) is 67.7 Å². The van der Waals surface area contributed by atoms with Crippen molar-refractivity contribution in [3.63, 3.8) is 0 Å². The number of rotatable bonds is 24. The summed E-state index contributed by atoms with van der Waals surface area (Å²) in [5.41, 5.74) is 4.91. The maximum Gasteiger partial charge on any atom is 0.293 e. The molecule has 6 N–H and O–H groups in total. The number of ether oxygens (including phenoxy) is 5. The van der Waals surface area contributed by atoms with E-state index in [0.717, 1.165) is 19.4 Å². The molecule has 1 atom stereocenters. The summed E-state index contributed by atoms with van der Waals surface area (Å²) >= 11 is 0. The molecule has 15 nitrogen and oxygen atoms in total. The van der Waals surface area contributed by atoms with Crippen LogP contribution < -0.4 is 27.0 Å². The lowest BCUT2D eigenvalue weighted by molar-refractivity contribution is -0.138. The van der Waals surface area contributed by atoms with E-state index in [1.165, 1.54) is 0 Å². The maximum atomic E-state index is 11.8. The third-order valence-corrected chi connectivity index (χ3v) is 4.59. The zero-order valence-corrected chi connectivity index (χ0v) is 27.9. The first-order valence-electron chi connectivity index (χ1n) is 15.0. The van der Waals surface area contributed by atoms with Gasteiger partial charge in [-0.05, 0) is 60.9 Å². The molecule has 0 saturated carbocycles. The van der Waals surface area contributed by atoms with Crippen LogP contribution in [0.25, 0.3) is 0 Å². The molecule has 0 aromatic rings. The first kappa shape index (κ1) is 45.6. The Kier molecular flexibility index (Phi) is 34.2. The van der Waals surface area contributed by atoms with Gasteiger partial charge in [-0.1, -0.05) is 6.92 Å². The van der Waals surface area contributed by atoms with E-state index in [1.54, 1.807) is 6.92 Å². The summed E-state index contributed by atoms with van der Waals surface area (Å²) in [4.78, 5) is 53.6. The van der Waals surface area contributed by atoms with Gasteiger partial charge < -0.3 is 50.7 Å². The highest BCUT2D eigenvalue weighted by atomic mass is 16.6. The average molecular weight is 638 g/mol. The van der Waals surface area contributed by atoms with E-state index in [4.69, 9.17) is 24.7 Å². The lowest BCUT2D eigenvalue weighted by atomic mass is 10.2. The van der Waals surface area contributed by atoms with E-state index < -0.39 is 11.9 Å². The van der Waals surface area contributed by atoms with Crippen LogP contribution in [0.4, 0.5) is 0 Å². The molecule has 0 aromatic heterocycles. The Bertz CT molecular complexity index is 721. The molecule has 0 aliphatic rings. The number of carbonyl (C=O) groups excluding carboxylic acids is 5. The molecule has 0 spiro atoms. The number of amides is 4. The molecule has 0 fully saturated rings. The lowest BCUT2D eigenvalue weighted by Gasteiger charge is -2.14. The predicted octanol–water partition coefficient (Wildman–Crippen LogP) is 0.0375. The molecule has 0 heterocycles. The van der Waals surface area contributed by atoms with Gasteiger partial charge in [-0.15, -0.1) is 0 Å². The van der Waals surface area contributed by atoms with Crippen LogP contribution in [0.2, 0.25) is 0 Å². The molecule has 0 aliphatic heterocycles. The van der Waals surface area contributed by atoms with Gasteiger partial charge in [-0.2, -0.15) is 0 Å². The smallest absolute Gasteiger partial charge is 0.293 e. The zero-order valence-electron chi connectivity index (χ0n) is 27.9. The first-order valence-corrected chi connectivity index (χ1v) is 15.0. The van der Waals surface area contributed by atoms with Crippen molar-refractivity contribution in [1.82, 2.24) is 21.3 Å². The second-order valence-corrected chi connectivity index (χ2v) is 10.5. The summed E-state index contributed by atoms with van der Waals surface area (Å²) in [5, 5.41) is 10.1. The fraction of sp³-hybridized carbons (Fsp3) is 0.828. The molecule has 1 unspecified atom stereocenters. The molecular formula is C29H59N5O10. The summed E-state index contributed by atoms with van der Waals surface area (Å²) in [5.74, 6) is -0.662. The van der Waals surface area contributed by atoms with Crippen molar-refractivity contribution in [3.8, 4) is 0 Å². The van der Waals surface area contributed by atoms with E-state index in [-0.39, 0.29) is 30.0 Å². The van der Waals surface area contributed by atoms with E-state index in [1.807, 2.05) is 34.6 Å². The highest BCUT2D eigenvalue weighted by molar-refractivity contribution is 5.88. The fourth-order valence-corrected chi connectivity index (χ4v) is 2.60. The van der Waals surface area contributed by atoms with Crippen LogP contribution in [-0.4, -0.2) is 121 Å². The van der Waals surface area contributed by atoms with Gasteiger partial charge in [0.2, 0.25) is 24.1 Å². The van der Waals surface area contributed by atoms with Crippen molar-refractivity contribution in [3.05, 3.63) is 0 Å². The normalized spacial score (nSPS) is 11.1. The number of carbonyl (C=O) groups is 5. The monoisotopic (exact) mass is 637 g/mol. The highest BCUT2D eigenvalue weighted by Crippen LogP contribution is 2.02. The van der Waals surface area contributed by atoms with E-state index in [9.17, 15) is 24.0 Å². The molecule has 260 valence electrons. The number of nitrogens with two attached hydrogens (primary N) is 1. The molecule has 44 heavy (non-hydrogen) atoms. The van der Waals surface area contributed by atoms with E-state index >= 15 is 0 Å². The summed E-state index contributed by atoms with van der Waals surface area (Å²) < 4.78 is 25.8. The molecule has 15 heteroatoms. The van der Waals surface area contributed by atoms with Gasteiger partial charge in [-0.3, -0.25) is 24.0 Å². The Morgan fingerprint density at radius 2 is 1.32 bits per heavy atom. The van der Waals surface area contributed by atoms with Crippen molar-refractivity contribution >= 4 is 30.6 Å². The van der Waals surface area contributed by atoms with Crippen LogP contribution in [-0.2, 0) is 47.7 Å². The molecule has 4 amide bonds. The van der Waals surface area contributed by atoms with Crippen LogP contribution in [0, 0.1) is 0 Å². The van der Waals surface area contributed by atoms with E-state index in [0.29, 0.717) is 78.6 Å². The summed E-state index contributed by atoms with van der Waals surface area (Å²) in [7, 11) is 0. The first-order chi connectivity index (χ1) is 20.8. The average Bonchev–Trinajstić information content (AvgIpc) is 2.94. The van der Waals surface area contributed by atoms with Crippen molar-refractivity contribution in [1.29, 1.82) is 0 Å². The standard InChI is InChI=1S/C17H33N3O7.C7H16N2O.C5H10O2/c1-3-5-24-7-9-26-11-12-27-10-8-25-6-4-19-17(23)15(2)20-16(22)13-18-14-21;1-6(2)9-7(10)4-3-5-8;1-5(2,3)7-4-6/h14-15H,3-13H2,1-2H3,(H,18,21)(H,19,23)(H,20,22);6H,3-5,8H2,1-2H3,(H,9,10);4H,1-3H3. The van der Waals surface area contributed by atoms with Gasteiger partial charge >= 0.3 is 0 Å². The van der Waals surface area contributed by atoms with Gasteiger partial charge in [0.15, 0.2) is 0 Å². The molecule has 0 rings (SSSR count). The highest BCUT2D eigenvalue weighted by Gasteiger charge is 2.14. The minimum Gasteiger partial charge on any atom is -0.462 e. The second kappa shape index (κ2) is 33.1. The number of hydrogen-bond acceptors (Lipinski definition) is 11. The minimum atomic E-state index is -0.693. The quantitative estimate of drug-likeness (QED) is 0.0705. The number of nitrogens with one attached hydrogen (secondary N) is 4. The molecule has 0 radical (unpaired) electrons. The Hall–Kier alpha value is -2.85. The van der Waals surface area contributed by atoms with Crippen molar-refractivity contribution in [2.45, 2.75) is 85.4 Å². The summed E-state index contributed by atoms with van der Waals surface area (Å²) in [6.07, 6.45) is 2.75. The Morgan fingerprint density at radius 1 is 0.795 bits per heavy atom. The zero-order chi connectivity index (χ0) is 34.1. The fourth-order valence-electron chi connectivity index (χ4n) is 2.60. The Balaban J connectivity index is -0.000000802. The van der Waals surface area contributed by atoms with Gasteiger partial charge in [0.05, 0.1) is 52.8 Å². The lowest BCUT2D eigenvalue weighted by Crippen LogP contribution is -2.47. The predicted molar refractivity (Wildman–Crippen MR) is 167 cm³/mol. The number of hydrogen-bond donors (Lipinski definition) is 5.